The summed E-state index contributed by atoms with van der Waals surface area (Å²) < 4.78 is 7.07. The Bertz CT molecular complexity index is 1790. The van der Waals surface area contributed by atoms with Crippen LogP contribution in [0, 0.1) is 0 Å². The van der Waals surface area contributed by atoms with Gasteiger partial charge in [-0.3, -0.25) is 9.78 Å². The summed E-state index contributed by atoms with van der Waals surface area (Å²) in [4.78, 5) is 31.1. The lowest BCUT2D eigenvalue weighted by Crippen LogP contribution is -2.38. The summed E-state index contributed by atoms with van der Waals surface area (Å²) in [5.74, 6) is -0.377. The first kappa shape index (κ1) is 28.7. The van der Waals surface area contributed by atoms with Gasteiger partial charge in [-0.15, -0.1) is 0 Å². The lowest BCUT2D eigenvalue weighted by molar-refractivity contribution is -0.118. The molecule has 0 N–H and O–H groups in total. The summed E-state index contributed by atoms with van der Waals surface area (Å²) in [6.45, 7) is 2.06. The number of ketones is 1. The quantitative estimate of drug-likeness (QED) is 0.125. The van der Waals surface area contributed by atoms with Gasteiger partial charge in [0.2, 0.25) is 0 Å². The molecule has 0 aliphatic carbocycles. The third kappa shape index (κ3) is 5.31. The third-order valence-electron chi connectivity index (χ3n) is 8.17. The zero-order valence-electron chi connectivity index (χ0n) is 24.8. The van der Waals surface area contributed by atoms with Crippen molar-refractivity contribution in [1.82, 2.24) is 14.8 Å². The number of ether oxygens (including phenoxy) is 1. The predicted molar refractivity (Wildman–Crippen MR) is 172 cm³/mol. The van der Waals surface area contributed by atoms with Gasteiger partial charge in [0.05, 0.1) is 18.0 Å². The van der Waals surface area contributed by atoms with Gasteiger partial charge in [-0.05, 0) is 34.2 Å². The number of carbonyl (C=O) groups excluding carboxylic acids is 2. The number of benzene rings is 4. The van der Waals surface area contributed by atoms with Crippen molar-refractivity contribution in [2.45, 2.75) is 31.2 Å². The van der Waals surface area contributed by atoms with E-state index in [1.807, 2.05) is 95.7 Å². The molecule has 6 aromatic rings. The van der Waals surface area contributed by atoms with Crippen molar-refractivity contribution in [3.63, 3.8) is 0 Å². The minimum atomic E-state index is -0.960. The van der Waals surface area contributed by atoms with E-state index in [9.17, 15) is 9.59 Å². The van der Waals surface area contributed by atoms with Crippen LogP contribution in [0.15, 0.2) is 134 Å². The highest BCUT2D eigenvalue weighted by atomic mass is 16.5. The third-order valence-corrected chi connectivity index (χ3v) is 8.17. The van der Waals surface area contributed by atoms with E-state index in [0.717, 1.165) is 22.3 Å². The second-order valence-electron chi connectivity index (χ2n) is 11.0. The van der Waals surface area contributed by atoms with E-state index in [2.05, 4.69) is 48.3 Å². The minimum Gasteiger partial charge on any atom is -0.464 e. The molecule has 4 aromatic carbocycles. The van der Waals surface area contributed by atoms with E-state index >= 15 is 0 Å². The van der Waals surface area contributed by atoms with Gasteiger partial charge in [0.15, 0.2) is 5.69 Å². The number of pyridine rings is 1. The average molecular weight is 580 g/mol. The van der Waals surface area contributed by atoms with Gasteiger partial charge in [-0.25, -0.2) is 9.48 Å². The number of fused-ring (bicyclic) bond motifs is 1. The number of hydrogen-bond acceptors (Lipinski definition) is 5. The van der Waals surface area contributed by atoms with Crippen molar-refractivity contribution in [2.75, 3.05) is 7.11 Å². The fourth-order valence-corrected chi connectivity index (χ4v) is 6.07. The topological polar surface area (TPSA) is 74.1 Å². The number of rotatable bonds is 10. The molecule has 0 fully saturated rings. The SMILES string of the molecule is COC(=O)c1nn(C(c2ccccc2)(c2ccccc2)c2ccccc2)c2cc(CC(=O)C[C@H](C)c3ccccc3)ncc12. The maximum absolute atomic E-state index is 13.3. The van der Waals surface area contributed by atoms with E-state index < -0.39 is 11.5 Å². The Morgan fingerprint density at radius 3 is 1.77 bits per heavy atom. The lowest BCUT2D eigenvalue weighted by atomic mass is 9.77. The van der Waals surface area contributed by atoms with E-state index in [0.29, 0.717) is 23.0 Å². The average Bonchev–Trinajstić information content (AvgIpc) is 3.45. The van der Waals surface area contributed by atoms with E-state index in [4.69, 9.17) is 9.84 Å². The molecule has 218 valence electrons. The number of carbonyl (C=O) groups is 2. The van der Waals surface area contributed by atoms with Crippen LogP contribution in [0.2, 0.25) is 0 Å². The maximum Gasteiger partial charge on any atom is 0.359 e. The van der Waals surface area contributed by atoms with Crippen molar-refractivity contribution >= 4 is 22.7 Å². The van der Waals surface area contributed by atoms with Gasteiger partial charge in [0, 0.05) is 24.7 Å². The van der Waals surface area contributed by atoms with Gasteiger partial charge in [0.25, 0.3) is 0 Å². The Morgan fingerprint density at radius 2 is 1.27 bits per heavy atom. The minimum absolute atomic E-state index is 0.0887. The van der Waals surface area contributed by atoms with Crippen molar-refractivity contribution in [2.24, 2.45) is 0 Å². The summed E-state index contributed by atoms with van der Waals surface area (Å²) >= 11 is 0. The Hall–Kier alpha value is -5.36. The summed E-state index contributed by atoms with van der Waals surface area (Å²) in [5.41, 5.74) is 4.51. The van der Waals surface area contributed by atoms with Crippen LogP contribution >= 0.6 is 0 Å². The first-order chi connectivity index (χ1) is 21.5. The summed E-state index contributed by atoms with van der Waals surface area (Å²) in [5, 5.41) is 5.54. The molecule has 0 radical (unpaired) electrons. The maximum atomic E-state index is 13.3. The van der Waals surface area contributed by atoms with Crippen molar-refractivity contribution in [3.8, 4) is 0 Å². The molecule has 0 aliphatic rings. The Balaban J connectivity index is 1.55. The van der Waals surface area contributed by atoms with Gasteiger partial charge in [-0.1, -0.05) is 128 Å². The number of esters is 1. The van der Waals surface area contributed by atoms with Crippen molar-refractivity contribution in [1.29, 1.82) is 0 Å². The van der Waals surface area contributed by atoms with E-state index in [-0.39, 0.29) is 23.8 Å². The zero-order valence-corrected chi connectivity index (χ0v) is 24.8. The Kier molecular flexibility index (Phi) is 8.15. The highest BCUT2D eigenvalue weighted by molar-refractivity contribution is 6.02. The molecule has 0 aliphatic heterocycles. The Morgan fingerprint density at radius 1 is 0.773 bits per heavy atom. The van der Waals surface area contributed by atoms with Gasteiger partial charge in [-0.2, -0.15) is 5.10 Å². The molecule has 2 aromatic heterocycles. The number of aromatic nitrogens is 3. The molecule has 6 nitrogen and oxygen atoms in total. The molecule has 6 heteroatoms. The number of hydrogen-bond donors (Lipinski definition) is 0. The monoisotopic (exact) mass is 579 g/mol. The molecular weight excluding hydrogens is 546 g/mol. The van der Waals surface area contributed by atoms with Gasteiger partial charge >= 0.3 is 5.97 Å². The molecule has 0 bridgehead atoms. The van der Waals surface area contributed by atoms with Crippen LogP contribution in [0.4, 0.5) is 0 Å². The first-order valence-corrected chi connectivity index (χ1v) is 14.7. The fraction of sp³-hybridized carbons (Fsp3) is 0.158. The van der Waals surface area contributed by atoms with Gasteiger partial charge < -0.3 is 4.74 Å². The molecule has 44 heavy (non-hydrogen) atoms. The molecular formula is C38H33N3O3. The molecule has 0 saturated carbocycles. The van der Waals surface area contributed by atoms with Crippen LogP contribution in [-0.4, -0.2) is 33.6 Å². The molecule has 2 heterocycles. The first-order valence-electron chi connectivity index (χ1n) is 14.7. The van der Waals surface area contributed by atoms with Crippen LogP contribution in [-0.2, 0) is 21.5 Å². The highest BCUT2D eigenvalue weighted by Gasteiger charge is 2.41. The second kappa shape index (κ2) is 12.5. The van der Waals surface area contributed by atoms with Crippen LogP contribution < -0.4 is 0 Å². The molecule has 1 atom stereocenters. The van der Waals surface area contributed by atoms with Crippen LogP contribution in [0.1, 0.15) is 57.7 Å². The Labute approximate surface area is 257 Å². The van der Waals surface area contributed by atoms with Crippen molar-refractivity contribution < 1.29 is 14.3 Å². The summed E-state index contributed by atoms with van der Waals surface area (Å²) in [6, 6.07) is 42.3. The predicted octanol–water partition coefficient (Wildman–Crippen LogP) is 7.36. The molecule has 0 amide bonds. The lowest BCUT2D eigenvalue weighted by Gasteiger charge is -2.37. The van der Waals surface area contributed by atoms with E-state index in [1.165, 1.54) is 7.11 Å². The van der Waals surface area contributed by atoms with Crippen molar-refractivity contribution in [3.05, 3.63) is 167 Å². The molecule has 0 spiro atoms. The van der Waals surface area contributed by atoms with Gasteiger partial charge in [0.1, 0.15) is 11.3 Å². The van der Waals surface area contributed by atoms with Crippen LogP contribution in [0.3, 0.4) is 0 Å². The molecule has 6 rings (SSSR count). The largest absolute Gasteiger partial charge is 0.464 e. The number of Topliss-reactive ketones (excluding diaryl/α,β-unsaturated/α-hetero) is 1. The number of methoxy groups -OCH3 is 1. The standard InChI is InChI=1S/C38H33N3O3/c1-27(28-15-7-3-8-16-28)23-33(42)24-32-25-35-34(26-39-32)36(37(43)44-2)40-41(35)38(29-17-9-4-10-18-29,30-19-11-5-12-20-30)31-21-13-6-14-22-31/h3-22,25-27H,23-24H2,1-2H3/t27-/m0/s1. The summed E-state index contributed by atoms with van der Waals surface area (Å²) in [6.07, 6.45) is 2.21. The summed E-state index contributed by atoms with van der Waals surface area (Å²) in [7, 11) is 1.35. The highest BCUT2D eigenvalue weighted by Crippen LogP contribution is 2.42. The zero-order chi connectivity index (χ0) is 30.5. The van der Waals surface area contributed by atoms with Crippen LogP contribution in [0.25, 0.3) is 10.9 Å². The normalized spacial score (nSPS) is 12.1. The molecule has 0 unspecified atom stereocenters. The van der Waals surface area contributed by atoms with Crippen LogP contribution in [0.5, 0.6) is 0 Å². The fourth-order valence-electron chi connectivity index (χ4n) is 6.07. The number of nitrogens with zero attached hydrogens (tertiary/aromatic N) is 3. The van der Waals surface area contributed by atoms with E-state index in [1.54, 1.807) is 6.20 Å². The smallest absolute Gasteiger partial charge is 0.359 e. The second-order valence-corrected chi connectivity index (χ2v) is 11.0. The molecule has 0 saturated heterocycles.